The third kappa shape index (κ3) is 5.18. The highest BCUT2D eigenvalue weighted by molar-refractivity contribution is 7.92. The molecule has 1 atom stereocenters. The monoisotopic (exact) mass is 442 g/mol. The van der Waals surface area contributed by atoms with Gasteiger partial charge in [0.25, 0.3) is 11.8 Å². The molecular formula is C17H23FN6O3S2. The summed E-state index contributed by atoms with van der Waals surface area (Å²) in [6.45, 7) is 4.64. The SMILES string of the molecule is CCCC(F)c1nnc(-c2cnc(CN(c3cnn(CCC)c3)S(C)(=O)=O)s2)o1. The van der Waals surface area contributed by atoms with E-state index in [2.05, 4.69) is 20.3 Å². The number of halogens is 1. The molecular weight excluding hydrogens is 419 g/mol. The Kier molecular flexibility index (Phi) is 6.63. The smallest absolute Gasteiger partial charge is 0.259 e. The summed E-state index contributed by atoms with van der Waals surface area (Å²) in [7, 11) is -3.54. The van der Waals surface area contributed by atoms with Gasteiger partial charge in [-0.05, 0) is 12.8 Å². The van der Waals surface area contributed by atoms with Gasteiger partial charge in [0, 0.05) is 12.7 Å². The number of nitrogens with zero attached hydrogens (tertiary/aromatic N) is 6. The van der Waals surface area contributed by atoms with Gasteiger partial charge in [-0.1, -0.05) is 20.3 Å². The molecule has 0 fully saturated rings. The second-order valence-corrected chi connectivity index (χ2v) is 9.57. The molecule has 0 aliphatic carbocycles. The van der Waals surface area contributed by atoms with Crippen molar-refractivity contribution < 1.29 is 17.2 Å². The van der Waals surface area contributed by atoms with Crippen LogP contribution >= 0.6 is 11.3 Å². The number of alkyl halides is 1. The molecule has 3 aromatic heterocycles. The molecule has 0 aromatic carbocycles. The maximum atomic E-state index is 13.9. The van der Waals surface area contributed by atoms with Crippen LogP contribution in [-0.4, -0.2) is 39.6 Å². The van der Waals surface area contributed by atoms with Gasteiger partial charge in [-0.2, -0.15) is 5.10 Å². The molecule has 3 heterocycles. The molecule has 3 rings (SSSR count). The molecule has 29 heavy (non-hydrogen) atoms. The van der Waals surface area contributed by atoms with Crippen LogP contribution < -0.4 is 4.31 Å². The van der Waals surface area contributed by atoms with Crippen molar-refractivity contribution >= 4 is 27.0 Å². The van der Waals surface area contributed by atoms with Crippen molar-refractivity contribution in [3.63, 3.8) is 0 Å². The lowest BCUT2D eigenvalue weighted by Gasteiger charge is -2.18. The molecule has 0 saturated carbocycles. The number of rotatable bonds is 10. The van der Waals surface area contributed by atoms with Crippen LogP contribution in [0.3, 0.4) is 0 Å². The van der Waals surface area contributed by atoms with E-state index in [-0.39, 0.29) is 18.3 Å². The fourth-order valence-corrected chi connectivity index (χ4v) is 4.42. The quantitative estimate of drug-likeness (QED) is 0.472. The second kappa shape index (κ2) is 8.99. The lowest BCUT2D eigenvalue weighted by molar-refractivity contribution is 0.261. The van der Waals surface area contributed by atoms with Crippen molar-refractivity contribution in [1.82, 2.24) is 25.0 Å². The first-order chi connectivity index (χ1) is 13.8. The molecule has 0 saturated heterocycles. The molecule has 9 nitrogen and oxygen atoms in total. The average molecular weight is 443 g/mol. The minimum Gasteiger partial charge on any atom is -0.417 e. The van der Waals surface area contributed by atoms with Crippen LogP contribution in [0.5, 0.6) is 0 Å². The molecule has 0 bridgehead atoms. The van der Waals surface area contributed by atoms with Crippen molar-refractivity contribution in [2.24, 2.45) is 0 Å². The first-order valence-electron chi connectivity index (χ1n) is 9.24. The summed E-state index contributed by atoms with van der Waals surface area (Å²) in [6.07, 6.45) is 6.44. The highest BCUT2D eigenvalue weighted by atomic mass is 32.2. The van der Waals surface area contributed by atoms with Crippen LogP contribution in [0, 0.1) is 0 Å². The number of anilines is 1. The van der Waals surface area contributed by atoms with E-state index >= 15 is 0 Å². The van der Waals surface area contributed by atoms with E-state index in [4.69, 9.17) is 4.42 Å². The fraction of sp³-hybridized carbons (Fsp3) is 0.529. The molecule has 3 aromatic rings. The van der Waals surface area contributed by atoms with Gasteiger partial charge in [0.2, 0.25) is 10.0 Å². The maximum absolute atomic E-state index is 13.9. The van der Waals surface area contributed by atoms with Gasteiger partial charge < -0.3 is 4.42 Å². The minimum absolute atomic E-state index is 0.0455. The molecule has 158 valence electrons. The van der Waals surface area contributed by atoms with Gasteiger partial charge >= 0.3 is 0 Å². The molecule has 0 spiro atoms. The summed E-state index contributed by atoms with van der Waals surface area (Å²) in [5.41, 5.74) is 0.470. The van der Waals surface area contributed by atoms with E-state index in [0.29, 0.717) is 35.0 Å². The molecule has 12 heteroatoms. The Morgan fingerprint density at radius 1 is 1.28 bits per heavy atom. The zero-order chi connectivity index (χ0) is 21.0. The number of aryl methyl sites for hydroxylation is 1. The van der Waals surface area contributed by atoms with Gasteiger partial charge in [-0.15, -0.1) is 21.5 Å². The Morgan fingerprint density at radius 3 is 2.76 bits per heavy atom. The van der Waals surface area contributed by atoms with Crippen molar-refractivity contribution in [1.29, 1.82) is 0 Å². The molecule has 0 N–H and O–H groups in total. The van der Waals surface area contributed by atoms with E-state index in [1.165, 1.54) is 28.0 Å². The zero-order valence-electron chi connectivity index (χ0n) is 16.4. The third-order valence-corrected chi connectivity index (χ3v) is 6.17. The van der Waals surface area contributed by atoms with Crippen LogP contribution in [-0.2, 0) is 23.1 Å². The second-order valence-electron chi connectivity index (χ2n) is 6.55. The standard InChI is InChI=1S/C17H23FN6O3S2/c1-4-6-13(18)16-21-22-17(27-16)14-9-19-15(28-14)11-24(29(3,25)26)12-8-20-23(10-12)7-5-2/h8-10,13H,4-7,11H2,1-3H3. The Bertz CT molecular complexity index is 1050. The van der Waals surface area contributed by atoms with Crippen LogP contribution in [0.2, 0.25) is 0 Å². The summed E-state index contributed by atoms with van der Waals surface area (Å²) < 4.78 is 46.9. The summed E-state index contributed by atoms with van der Waals surface area (Å²) in [6, 6.07) is 0. The summed E-state index contributed by atoms with van der Waals surface area (Å²) in [5.74, 6) is 0.113. The molecule has 0 aliphatic rings. The van der Waals surface area contributed by atoms with Crippen LogP contribution in [0.1, 0.15) is 50.2 Å². The Hall–Kier alpha value is -2.34. The maximum Gasteiger partial charge on any atom is 0.259 e. The topological polar surface area (TPSA) is 107 Å². The predicted molar refractivity (Wildman–Crippen MR) is 108 cm³/mol. The number of hydrogen-bond donors (Lipinski definition) is 0. The molecule has 1 unspecified atom stereocenters. The van der Waals surface area contributed by atoms with Crippen molar-refractivity contribution in [3.8, 4) is 10.8 Å². The number of aromatic nitrogens is 5. The van der Waals surface area contributed by atoms with E-state index < -0.39 is 16.2 Å². The first-order valence-corrected chi connectivity index (χ1v) is 11.9. The summed E-state index contributed by atoms with van der Waals surface area (Å²) in [5, 5.41) is 12.4. The van der Waals surface area contributed by atoms with Crippen molar-refractivity contribution in [3.05, 3.63) is 29.5 Å². The van der Waals surface area contributed by atoms with E-state index in [1.807, 2.05) is 13.8 Å². The Balaban J connectivity index is 1.79. The first kappa shape index (κ1) is 21.4. The van der Waals surface area contributed by atoms with Crippen LogP contribution in [0.15, 0.2) is 23.0 Å². The Labute approximate surface area is 172 Å². The van der Waals surface area contributed by atoms with Crippen LogP contribution in [0.25, 0.3) is 10.8 Å². The summed E-state index contributed by atoms with van der Waals surface area (Å²) >= 11 is 1.22. The highest BCUT2D eigenvalue weighted by Gasteiger charge is 2.23. The lowest BCUT2D eigenvalue weighted by Crippen LogP contribution is -2.28. The van der Waals surface area contributed by atoms with Gasteiger partial charge in [0.15, 0.2) is 6.17 Å². The minimum atomic E-state index is -3.54. The van der Waals surface area contributed by atoms with Crippen molar-refractivity contribution in [2.75, 3.05) is 10.6 Å². The predicted octanol–water partition coefficient (Wildman–Crippen LogP) is 3.58. The van der Waals surface area contributed by atoms with E-state index in [1.54, 1.807) is 10.9 Å². The number of hydrogen-bond acceptors (Lipinski definition) is 8. The largest absolute Gasteiger partial charge is 0.417 e. The van der Waals surface area contributed by atoms with E-state index in [9.17, 15) is 12.8 Å². The highest BCUT2D eigenvalue weighted by Crippen LogP contribution is 2.30. The van der Waals surface area contributed by atoms with E-state index in [0.717, 1.165) is 12.7 Å². The fourth-order valence-electron chi connectivity index (χ4n) is 2.68. The third-order valence-electron chi connectivity index (χ3n) is 4.05. The molecule has 0 radical (unpaired) electrons. The van der Waals surface area contributed by atoms with Crippen LogP contribution in [0.4, 0.5) is 10.1 Å². The zero-order valence-corrected chi connectivity index (χ0v) is 18.1. The number of sulfonamides is 1. The van der Waals surface area contributed by atoms with Gasteiger partial charge in [-0.3, -0.25) is 8.99 Å². The van der Waals surface area contributed by atoms with Gasteiger partial charge in [-0.25, -0.2) is 17.8 Å². The normalized spacial score (nSPS) is 13.0. The summed E-state index contributed by atoms with van der Waals surface area (Å²) in [4.78, 5) is 4.82. The van der Waals surface area contributed by atoms with Gasteiger partial charge in [0.1, 0.15) is 9.88 Å². The van der Waals surface area contributed by atoms with Gasteiger partial charge in [0.05, 0.1) is 30.9 Å². The van der Waals surface area contributed by atoms with Crippen molar-refractivity contribution in [2.45, 2.75) is 52.4 Å². The number of thiazole rings is 1. The lowest BCUT2D eigenvalue weighted by atomic mass is 10.2. The Morgan fingerprint density at radius 2 is 2.07 bits per heavy atom. The average Bonchev–Trinajstić information content (AvgIpc) is 3.39. The molecule has 0 aliphatic heterocycles. The molecule has 0 amide bonds.